The summed E-state index contributed by atoms with van der Waals surface area (Å²) in [6.07, 6.45) is 4.76. The zero-order chi connectivity index (χ0) is 17.7. The van der Waals surface area contributed by atoms with Gasteiger partial charge in [0.2, 0.25) is 0 Å². The van der Waals surface area contributed by atoms with Crippen molar-refractivity contribution in [1.82, 2.24) is 0 Å². The second-order valence-electron chi connectivity index (χ2n) is 7.27. The molecule has 0 N–H and O–H groups in total. The summed E-state index contributed by atoms with van der Waals surface area (Å²) in [6.45, 7) is 14.0. The Morgan fingerprint density at radius 1 is 0.833 bits per heavy atom. The Bertz CT molecular complexity index is 651. The second-order valence-corrected chi connectivity index (χ2v) is 7.27. The Morgan fingerprint density at radius 2 is 1.42 bits per heavy atom. The molecule has 0 aliphatic heterocycles. The van der Waals surface area contributed by atoms with E-state index in [9.17, 15) is 0 Å². The Labute approximate surface area is 149 Å². The van der Waals surface area contributed by atoms with Crippen molar-refractivity contribution in [3.05, 3.63) is 58.7 Å². The van der Waals surface area contributed by atoms with Crippen molar-refractivity contribution in [3.63, 3.8) is 0 Å². The molecule has 0 saturated heterocycles. The van der Waals surface area contributed by atoms with Gasteiger partial charge in [-0.05, 0) is 71.4 Å². The van der Waals surface area contributed by atoms with Gasteiger partial charge in [-0.3, -0.25) is 0 Å². The highest BCUT2D eigenvalue weighted by molar-refractivity contribution is 5.74. The second kappa shape index (κ2) is 8.51. The van der Waals surface area contributed by atoms with Gasteiger partial charge in [0.25, 0.3) is 0 Å². The van der Waals surface area contributed by atoms with Crippen LogP contribution in [-0.4, -0.2) is 0 Å². The van der Waals surface area contributed by atoms with Gasteiger partial charge in [0.05, 0.1) is 0 Å². The molecule has 2 rings (SSSR count). The van der Waals surface area contributed by atoms with Crippen molar-refractivity contribution in [2.45, 2.75) is 79.1 Å². The van der Waals surface area contributed by atoms with E-state index < -0.39 is 0 Å². The van der Waals surface area contributed by atoms with E-state index in [-0.39, 0.29) is 0 Å². The number of hydrogen-bond acceptors (Lipinski definition) is 0. The van der Waals surface area contributed by atoms with Crippen LogP contribution in [0.3, 0.4) is 0 Å². The fourth-order valence-electron chi connectivity index (χ4n) is 3.73. The van der Waals surface area contributed by atoms with Gasteiger partial charge in [-0.25, -0.2) is 0 Å². The Morgan fingerprint density at radius 3 is 1.96 bits per heavy atom. The molecule has 2 unspecified atom stereocenters. The van der Waals surface area contributed by atoms with Gasteiger partial charge in [-0.2, -0.15) is 0 Å². The van der Waals surface area contributed by atoms with Crippen molar-refractivity contribution in [2.75, 3.05) is 0 Å². The Hall–Kier alpha value is -1.56. The summed E-state index contributed by atoms with van der Waals surface area (Å²) in [4.78, 5) is 0. The standard InChI is InChI=1S/C24H34/c1-7-13-21-19(6)22(17(4)8-2)16-23(18(5)9-3)24(21)20-14-11-10-12-15-20/h10-12,14-18H,7-9,13H2,1-6H3. The molecule has 0 fully saturated rings. The van der Waals surface area contributed by atoms with E-state index in [0.29, 0.717) is 11.8 Å². The molecule has 0 heteroatoms. The van der Waals surface area contributed by atoms with Gasteiger partial charge in [0.15, 0.2) is 0 Å². The van der Waals surface area contributed by atoms with Crippen molar-refractivity contribution < 1.29 is 0 Å². The molecular weight excluding hydrogens is 288 g/mol. The molecule has 0 radical (unpaired) electrons. The van der Waals surface area contributed by atoms with Crippen LogP contribution in [0.2, 0.25) is 0 Å². The molecule has 0 heterocycles. The van der Waals surface area contributed by atoms with Crippen LogP contribution >= 0.6 is 0 Å². The highest BCUT2D eigenvalue weighted by atomic mass is 14.3. The van der Waals surface area contributed by atoms with E-state index in [1.54, 1.807) is 16.7 Å². The third-order valence-corrected chi connectivity index (χ3v) is 5.64. The maximum atomic E-state index is 2.53. The van der Waals surface area contributed by atoms with E-state index in [0.717, 1.165) is 0 Å². The van der Waals surface area contributed by atoms with E-state index in [2.05, 4.69) is 77.9 Å². The van der Waals surface area contributed by atoms with Gasteiger partial charge in [0.1, 0.15) is 0 Å². The predicted molar refractivity (Wildman–Crippen MR) is 108 cm³/mol. The molecule has 2 aromatic rings. The summed E-state index contributed by atoms with van der Waals surface area (Å²) in [7, 11) is 0. The lowest BCUT2D eigenvalue weighted by atomic mass is 9.79. The molecule has 0 amide bonds. The third kappa shape index (κ3) is 3.74. The van der Waals surface area contributed by atoms with Crippen LogP contribution in [0.5, 0.6) is 0 Å². The van der Waals surface area contributed by atoms with Crippen molar-refractivity contribution in [2.24, 2.45) is 0 Å². The quantitative estimate of drug-likeness (QED) is 0.491. The van der Waals surface area contributed by atoms with Crippen LogP contribution in [-0.2, 0) is 6.42 Å². The fourth-order valence-corrected chi connectivity index (χ4v) is 3.73. The number of benzene rings is 2. The summed E-state index contributed by atoms with van der Waals surface area (Å²) in [5.41, 5.74) is 9.12. The van der Waals surface area contributed by atoms with Crippen LogP contribution in [0, 0.1) is 6.92 Å². The van der Waals surface area contributed by atoms with E-state index in [1.165, 1.54) is 42.4 Å². The van der Waals surface area contributed by atoms with E-state index >= 15 is 0 Å². The smallest absolute Gasteiger partial charge is 0.0114 e. The largest absolute Gasteiger partial charge is 0.0651 e. The predicted octanol–water partition coefficient (Wildman–Crippen LogP) is 7.64. The van der Waals surface area contributed by atoms with Crippen molar-refractivity contribution in [3.8, 4) is 11.1 Å². The molecule has 0 bridgehead atoms. The summed E-state index contributed by atoms with van der Waals surface area (Å²) in [6, 6.07) is 13.5. The number of hydrogen-bond donors (Lipinski definition) is 0. The highest BCUT2D eigenvalue weighted by Gasteiger charge is 2.21. The van der Waals surface area contributed by atoms with Gasteiger partial charge in [0, 0.05) is 0 Å². The average Bonchev–Trinajstić information content (AvgIpc) is 2.62. The van der Waals surface area contributed by atoms with E-state index in [4.69, 9.17) is 0 Å². The third-order valence-electron chi connectivity index (χ3n) is 5.64. The minimum absolute atomic E-state index is 0.596. The monoisotopic (exact) mass is 322 g/mol. The van der Waals surface area contributed by atoms with Gasteiger partial charge in [-0.15, -0.1) is 0 Å². The van der Waals surface area contributed by atoms with Crippen molar-refractivity contribution >= 4 is 0 Å². The van der Waals surface area contributed by atoms with Crippen LogP contribution in [0.25, 0.3) is 11.1 Å². The first kappa shape index (κ1) is 18.8. The molecule has 0 aliphatic rings. The minimum Gasteiger partial charge on any atom is -0.0651 e. The fraction of sp³-hybridized carbons (Fsp3) is 0.500. The first-order chi connectivity index (χ1) is 11.5. The van der Waals surface area contributed by atoms with Gasteiger partial charge >= 0.3 is 0 Å². The van der Waals surface area contributed by atoms with Crippen molar-refractivity contribution in [1.29, 1.82) is 0 Å². The van der Waals surface area contributed by atoms with Crippen LogP contribution in [0.4, 0.5) is 0 Å². The zero-order valence-corrected chi connectivity index (χ0v) is 16.4. The Balaban J connectivity index is 2.80. The van der Waals surface area contributed by atoms with Gasteiger partial charge in [-0.1, -0.05) is 77.4 Å². The SMILES string of the molecule is CCCc1c(C)c(C(C)CC)cc(C(C)CC)c1-c1ccccc1. The molecule has 0 spiro atoms. The minimum atomic E-state index is 0.596. The molecule has 130 valence electrons. The molecule has 2 atom stereocenters. The maximum absolute atomic E-state index is 2.53. The summed E-state index contributed by atoms with van der Waals surface area (Å²) >= 11 is 0. The molecule has 2 aromatic carbocycles. The zero-order valence-electron chi connectivity index (χ0n) is 16.4. The molecule has 0 saturated carbocycles. The normalized spacial score (nSPS) is 13.8. The highest BCUT2D eigenvalue weighted by Crippen LogP contribution is 2.40. The summed E-state index contributed by atoms with van der Waals surface area (Å²) in [5, 5.41) is 0. The lowest BCUT2D eigenvalue weighted by Crippen LogP contribution is -2.08. The molecule has 0 aliphatic carbocycles. The lowest BCUT2D eigenvalue weighted by molar-refractivity contribution is 0.704. The number of rotatable bonds is 7. The molecule has 0 nitrogen and oxygen atoms in total. The van der Waals surface area contributed by atoms with Crippen LogP contribution < -0.4 is 0 Å². The summed E-state index contributed by atoms with van der Waals surface area (Å²) < 4.78 is 0. The first-order valence-electron chi connectivity index (χ1n) is 9.76. The Kier molecular flexibility index (Phi) is 6.66. The van der Waals surface area contributed by atoms with Crippen LogP contribution in [0.1, 0.15) is 88.0 Å². The van der Waals surface area contributed by atoms with Crippen LogP contribution in [0.15, 0.2) is 36.4 Å². The molecule has 24 heavy (non-hydrogen) atoms. The average molecular weight is 323 g/mol. The molecule has 0 aromatic heterocycles. The van der Waals surface area contributed by atoms with Gasteiger partial charge < -0.3 is 0 Å². The molecular formula is C24H34. The first-order valence-corrected chi connectivity index (χ1v) is 9.76. The lowest BCUT2D eigenvalue weighted by Gasteiger charge is -2.26. The topological polar surface area (TPSA) is 0 Å². The van der Waals surface area contributed by atoms with E-state index in [1.807, 2.05) is 0 Å². The summed E-state index contributed by atoms with van der Waals surface area (Å²) in [5.74, 6) is 1.23. The maximum Gasteiger partial charge on any atom is -0.0114 e.